The van der Waals surface area contributed by atoms with E-state index in [-0.39, 0.29) is 22.9 Å². The molecule has 4 nitrogen and oxygen atoms in total. The second-order valence-electron chi connectivity index (χ2n) is 10.7. The second kappa shape index (κ2) is 7.03. The highest BCUT2D eigenvalue weighted by Gasteiger charge is 2.60. The second-order valence-corrected chi connectivity index (χ2v) is 10.7. The zero-order chi connectivity index (χ0) is 21.1. The Labute approximate surface area is 179 Å². The number of aryl methyl sites for hydroxylation is 1. The molecule has 3 saturated carbocycles. The third kappa shape index (κ3) is 2.98. The number of hydrogen-bond acceptors (Lipinski definition) is 3. The molecule has 0 saturated heterocycles. The van der Waals surface area contributed by atoms with Gasteiger partial charge in [0.1, 0.15) is 18.7 Å². The maximum atomic E-state index is 12.8. The molecule has 6 atom stereocenters. The van der Waals surface area contributed by atoms with Crippen molar-refractivity contribution in [3.05, 3.63) is 41.7 Å². The molecule has 0 radical (unpaired) electrons. The zero-order valence-electron chi connectivity index (χ0n) is 18.5. The summed E-state index contributed by atoms with van der Waals surface area (Å²) < 4.78 is 8.03. The molecule has 0 N–H and O–H groups in total. The predicted molar refractivity (Wildman–Crippen MR) is 114 cm³/mol. The van der Waals surface area contributed by atoms with Crippen molar-refractivity contribution in [2.45, 2.75) is 71.3 Å². The summed E-state index contributed by atoms with van der Waals surface area (Å²) >= 11 is 0. The van der Waals surface area contributed by atoms with E-state index in [0.717, 1.165) is 32.1 Å². The number of fused-ring (bicyclic) bond motifs is 5. The molecule has 1 heterocycles. The van der Waals surface area contributed by atoms with E-state index in [1.54, 1.807) is 0 Å². The average Bonchev–Trinajstić information content (AvgIpc) is 3.05. The number of rotatable bonds is 2. The molecule has 4 heteroatoms. The number of nitrogens with zero attached hydrogens (tertiary/aromatic N) is 1. The Bertz CT molecular complexity index is 921. The zero-order valence-corrected chi connectivity index (χ0v) is 18.5. The van der Waals surface area contributed by atoms with E-state index in [1.165, 1.54) is 18.4 Å². The third-order valence-electron chi connectivity index (χ3n) is 9.30. The number of aromatic nitrogens is 1. The van der Waals surface area contributed by atoms with Gasteiger partial charge in [0.05, 0.1) is 0 Å². The molecule has 5 rings (SSSR count). The minimum absolute atomic E-state index is 0.0131. The van der Waals surface area contributed by atoms with Crippen molar-refractivity contribution >= 4 is 11.8 Å². The SMILES string of the molecule is C[n+]1cccc(C(=O)O[C@H]2CC[C@H]3[C@@H]4CCC5=CC(=O)CC[C@]5(C)[C@H]4CC[C@]23C)c1. The summed E-state index contributed by atoms with van der Waals surface area (Å²) in [7, 11) is 1.93. The molecule has 160 valence electrons. The molecule has 0 aliphatic heterocycles. The minimum Gasteiger partial charge on any atom is -0.458 e. The molecule has 0 aromatic carbocycles. The van der Waals surface area contributed by atoms with E-state index in [9.17, 15) is 9.59 Å². The molecular weight excluding hydrogens is 374 g/mol. The van der Waals surface area contributed by atoms with Crippen LogP contribution in [0.2, 0.25) is 0 Å². The van der Waals surface area contributed by atoms with Gasteiger partial charge >= 0.3 is 5.97 Å². The van der Waals surface area contributed by atoms with Crippen LogP contribution in [0.3, 0.4) is 0 Å². The lowest BCUT2D eigenvalue weighted by Gasteiger charge is -2.57. The van der Waals surface area contributed by atoms with Gasteiger partial charge in [-0.05, 0) is 80.3 Å². The van der Waals surface area contributed by atoms with Crippen molar-refractivity contribution in [3.8, 4) is 0 Å². The van der Waals surface area contributed by atoms with Crippen LogP contribution in [0.4, 0.5) is 0 Å². The third-order valence-corrected chi connectivity index (χ3v) is 9.30. The summed E-state index contributed by atoms with van der Waals surface area (Å²) in [5.74, 6) is 2.12. The Morgan fingerprint density at radius 3 is 2.73 bits per heavy atom. The molecule has 4 aliphatic carbocycles. The van der Waals surface area contributed by atoms with Crippen molar-refractivity contribution in [1.82, 2.24) is 0 Å². The van der Waals surface area contributed by atoms with Crippen LogP contribution in [-0.2, 0) is 16.6 Å². The van der Waals surface area contributed by atoms with Gasteiger partial charge in [0.25, 0.3) is 0 Å². The predicted octanol–water partition coefficient (Wildman–Crippen LogP) is 4.57. The van der Waals surface area contributed by atoms with Crippen LogP contribution in [0.1, 0.15) is 75.6 Å². The highest BCUT2D eigenvalue weighted by Crippen LogP contribution is 2.65. The summed E-state index contributed by atoms with van der Waals surface area (Å²) in [5, 5.41) is 0. The van der Waals surface area contributed by atoms with Gasteiger partial charge in [0.15, 0.2) is 18.2 Å². The number of pyridine rings is 1. The summed E-state index contributed by atoms with van der Waals surface area (Å²) in [6.45, 7) is 4.80. The lowest BCUT2D eigenvalue weighted by Crippen LogP contribution is -2.51. The van der Waals surface area contributed by atoms with Crippen molar-refractivity contribution < 1.29 is 18.9 Å². The number of carbonyl (C=O) groups is 2. The molecule has 1 aromatic rings. The molecule has 0 bridgehead atoms. The monoisotopic (exact) mass is 408 g/mol. The molecule has 3 fully saturated rings. The molecule has 30 heavy (non-hydrogen) atoms. The normalized spacial score (nSPS) is 40.1. The van der Waals surface area contributed by atoms with Gasteiger partial charge in [-0.15, -0.1) is 0 Å². The molecule has 4 aliphatic rings. The Hall–Kier alpha value is -1.97. The van der Waals surface area contributed by atoms with Crippen LogP contribution in [0, 0.1) is 28.6 Å². The van der Waals surface area contributed by atoms with Gasteiger partial charge in [-0.25, -0.2) is 9.36 Å². The maximum absolute atomic E-state index is 12.8. The molecular formula is C26H34NO3+. The van der Waals surface area contributed by atoms with E-state index >= 15 is 0 Å². The Kier molecular flexibility index (Phi) is 4.68. The summed E-state index contributed by atoms with van der Waals surface area (Å²) in [6, 6.07) is 3.73. The Morgan fingerprint density at radius 1 is 1.10 bits per heavy atom. The van der Waals surface area contributed by atoms with Gasteiger partial charge in [-0.1, -0.05) is 19.4 Å². The Morgan fingerprint density at radius 2 is 1.93 bits per heavy atom. The number of carbonyl (C=O) groups excluding carboxylic acids is 2. The quantitative estimate of drug-likeness (QED) is 0.532. The van der Waals surface area contributed by atoms with E-state index in [0.29, 0.717) is 35.5 Å². The summed E-state index contributed by atoms with van der Waals surface area (Å²) in [6.07, 6.45) is 14.2. The largest absolute Gasteiger partial charge is 0.458 e. The van der Waals surface area contributed by atoms with Gasteiger partial charge in [-0.2, -0.15) is 0 Å². The van der Waals surface area contributed by atoms with Crippen LogP contribution < -0.4 is 4.57 Å². The highest BCUT2D eigenvalue weighted by atomic mass is 16.5. The van der Waals surface area contributed by atoms with Gasteiger partial charge in [0.2, 0.25) is 0 Å². The molecule has 0 amide bonds. The van der Waals surface area contributed by atoms with Crippen LogP contribution in [-0.4, -0.2) is 17.9 Å². The van der Waals surface area contributed by atoms with Crippen LogP contribution in [0.15, 0.2) is 36.2 Å². The smallest absolute Gasteiger partial charge is 0.344 e. The highest BCUT2D eigenvalue weighted by molar-refractivity contribution is 5.91. The fourth-order valence-corrected chi connectivity index (χ4v) is 7.61. The first-order valence-electron chi connectivity index (χ1n) is 11.7. The fraction of sp³-hybridized carbons (Fsp3) is 0.654. The number of ether oxygens (including phenoxy) is 1. The first-order valence-corrected chi connectivity index (χ1v) is 11.7. The van der Waals surface area contributed by atoms with E-state index in [4.69, 9.17) is 4.74 Å². The molecule has 1 aromatic heterocycles. The fourth-order valence-electron chi connectivity index (χ4n) is 7.61. The number of esters is 1. The Balaban J connectivity index is 1.36. The van der Waals surface area contributed by atoms with Crippen molar-refractivity contribution in [2.24, 2.45) is 35.6 Å². The van der Waals surface area contributed by atoms with Crippen LogP contribution in [0.5, 0.6) is 0 Å². The first-order chi connectivity index (χ1) is 14.3. The van der Waals surface area contributed by atoms with Gasteiger partial charge in [0, 0.05) is 17.9 Å². The average molecular weight is 409 g/mol. The van der Waals surface area contributed by atoms with Crippen molar-refractivity contribution in [1.29, 1.82) is 0 Å². The maximum Gasteiger partial charge on any atom is 0.344 e. The van der Waals surface area contributed by atoms with Crippen molar-refractivity contribution in [3.63, 3.8) is 0 Å². The lowest BCUT2D eigenvalue weighted by molar-refractivity contribution is -0.671. The van der Waals surface area contributed by atoms with Crippen LogP contribution in [0.25, 0.3) is 0 Å². The minimum atomic E-state index is -0.188. The van der Waals surface area contributed by atoms with Gasteiger partial charge in [-0.3, -0.25) is 4.79 Å². The van der Waals surface area contributed by atoms with E-state index in [1.807, 2.05) is 42.2 Å². The van der Waals surface area contributed by atoms with Gasteiger partial charge < -0.3 is 4.74 Å². The summed E-state index contributed by atoms with van der Waals surface area (Å²) in [4.78, 5) is 24.9. The summed E-state index contributed by atoms with van der Waals surface area (Å²) in [5.41, 5.74) is 2.33. The molecule has 0 unspecified atom stereocenters. The standard InChI is InChI=1S/C26H34NO3/c1-25-12-10-19(28)15-18(25)6-7-20-21-8-9-23(26(21,2)13-11-22(20)25)30-24(29)17-5-4-14-27(3)16-17/h4-5,14-16,20-23H,6-13H2,1-3H3/q+1/t20-,21-,22-,23-,25-,26-/m0/s1. The first kappa shape index (κ1) is 20.0. The molecule has 0 spiro atoms. The van der Waals surface area contributed by atoms with Crippen molar-refractivity contribution in [2.75, 3.05) is 0 Å². The number of allylic oxidation sites excluding steroid dienone is 1. The van der Waals surface area contributed by atoms with E-state index in [2.05, 4.69) is 13.8 Å². The number of hydrogen-bond donors (Lipinski definition) is 0. The topological polar surface area (TPSA) is 47.2 Å². The number of ketones is 1. The lowest BCUT2D eigenvalue weighted by atomic mass is 9.47. The van der Waals surface area contributed by atoms with E-state index < -0.39 is 0 Å². The van der Waals surface area contributed by atoms with Crippen LogP contribution >= 0.6 is 0 Å².